The molecule has 0 saturated carbocycles. The summed E-state index contributed by atoms with van der Waals surface area (Å²) in [5.74, 6) is -0.0961. The summed E-state index contributed by atoms with van der Waals surface area (Å²) in [6, 6.07) is 7.08. The van der Waals surface area contributed by atoms with Crippen LogP contribution in [0.3, 0.4) is 0 Å². The summed E-state index contributed by atoms with van der Waals surface area (Å²) in [7, 11) is 1.85. The van der Waals surface area contributed by atoms with E-state index < -0.39 is 0 Å². The quantitative estimate of drug-likeness (QED) is 0.653. The van der Waals surface area contributed by atoms with E-state index in [-0.39, 0.29) is 18.6 Å². The van der Waals surface area contributed by atoms with Crippen molar-refractivity contribution in [2.24, 2.45) is 5.73 Å². The summed E-state index contributed by atoms with van der Waals surface area (Å²) in [5.41, 5.74) is 6.98. The van der Waals surface area contributed by atoms with Gasteiger partial charge in [-0.2, -0.15) is 0 Å². The number of nitrogens with two attached hydrogens (primary N) is 1. The van der Waals surface area contributed by atoms with Gasteiger partial charge < -0.3 is 16.2 Å². The van der Waals surface area contributed by atoms with Gasteiger partial charge in [0, 0.05) is 17.8 Å². The Morgan fingerprint density at radius 1 is 1.45 bits per heavy atom. The molecule has 1 atom stereocenters. The molecule has 0 spiro atoms. The van der Waals surface area contributed by atoms with E-state index in [2.05, 4.69) is 5.32 Å². The Bertz CT molecular complexity index is 460. The topological polar surface area (TPSA) is 78.6 Å². The van der Waals surface area contributed by atoms with Crippen LogP contribution < -0.4 is 11.1 Å². The molecule has 1 rings (SSSR count). The standard InChI is InChI=1S/C14H21N3O2S/c1-10(18)7-8-17(2)9-13(19)16-12-5-3-11(4-6-12)14(15)20/h3-6,10,18H,7-9H2,1-2H3,(H2,15,20)(H,16,19). The molecule has 0 radical (unpaired) electrons. The van der Waals surface area contributed by atoms with Gasteiger partial charge in [0.2, 0.25) is 5.91 Å². The van der Waals surface area contributed by atoms with Crippen LogP contribution >= 0.6 is 12.2 Å². The van der Waals surface area contributed by atoms with E-state index in [0.717, 1.165) is 5.56 Å². The lowest BCUT2D eigenvalue weighted by atomic mass is 10.2. The van der Waals surface area contributed by atoms with Crippen molar-refractivity contribution < 1.29 is 9.90 Å². The summed E-state index contributed by atoms with van der Waals surface area (Å²) in [6.45, 7) is 2.69. The zero-order valence-corrected chi connectivity index (χ0v) is 12.6. The van der Waals surface area contributed by atoms with Crippen molar-refractivity contribution in [3.63, 3.8) is 0 Å². The number of thiocarbonyl (C=S) groups is 1. The molecule has 0 aromatic heterocycles. The highest BCUT2D eigenvalue weighted by molar-refractivity contribution is 7.80. The van der Waals surface area contributed by atoms with Gasteiger partial charge in [-0.1, -0.05) is 12.2 Å². The predicted octanol–water partition coefficient (Wildman–Crippen LogP) is 0.962. The van der Waals surface area contributed by atoms with Gasteiger partial charge in [0.25, 0.3) is 0 Å². The first kappa shape index (κ1) is 16.6. The first-order chi connectivity index (χ1) is 9.38. The molecule has 0 aliphatic rings. The van der Waals surface area contributed by atoms with Crippen LogP contribution in [-0.2, 0) is 4.79 Å². The third-order valence-corrected chi connectivity index (χ3v) is 3.03. The summed E-state index contributed by atoms with van der Waals surface area (Å²) in [6.07, 6.45) is 0.292. The molecule has 110 valence electrons. The fourth-order valence-corrected chi connectivity index (χ4v) is 1.79. The smallest absolute Gasteiger partial charge is 0.238 e. The van der Waals surface area contributed by atoms with Crippen molar-refractivity contribution in [1.82, 2.24) is 4.90 Å². The average Bonchev–Trinajstić information content (AvgIpc) is 2.36. The predicted molar refractivity (Wildman–Crippen MR) is 84.8 cm³/mol. The summed E-state index contributed by atoms with van der Waals surface area (Å²) < 4.78 is 0. The summed E-state index contributed by atoms with van der Waals surface area (Å²) in [4.78, 5) is 14.0. The van der Waals surface area contributed by atoms with Crippen LogP contribution in [0.2, 0.25) is 0 Å². The zero-order valence-electron chi connectivity index (χ0n) is 11.8. The van der Waals surface area contributed by atoms with Crippen molar-refractivity contribution in [3.05, 3.63) is 29.8 Å². The van der Waals surface area contributed by atoms with E-state index >= 15 is 0 Å². The number of likely N-dealkylation sites (N-methyl/N-ethyl adjacent to an activating group) is 1. The van der Waals surface area contributed by atoms with Gasteiger partial charge in [0.05, 0.1) is 12.6 Å². The van der Waals surface area contributed by atoms with E-state index in [9.17, 15) is 9.90 Å². The highest BCUT2D eigenvalue weighted by atomic mass is 32.1. The normalized spacial score (nSPS) is 12.2. The van der Waals surface area contributed by atoms with Gasteiger partial charge in [-0.05, 0) is 44.7 Å². The minimum absolute atomic E-state index is 0.0961. The first-order valence-corrected chi connectivity index (χ1v) is 6.85. The van der Waals surface area contributed by atoms with Gasteiger partial charge in [-0.15, -0.1) is 0 Å². The minimum Gasteiger partial charge on any atom is -0.393 e. The van der Waals surface area contributed by atoms with Crippen LogP contribution in [-0.4, -0.2) is 47.1 Å². The Morgan fingerprint density at radius 2 is 2.05 bits per heavy atom. The summed E-state index contributed by atoms with van der Waals surface area (Å²) >= 11 is 4.86. The molecule has 1 aromatic rings. The van der Waals surface area contributed by atoms with Crippen LogP contribution in [0.5, 0.6) is 0 Å². The molecule has 6 heteroatoms. The van der Waals surface area contributed by atoms with Gasteiger partial charge in [0.1, 0.15) is 4.99 Å². The monoisotopic (exact) mass is 295 g/mol. The lowest BCUT2D eigenvalue weighted by molar-refractivity contribution is -0.117. The van der Waals surface area contributed by atoms with Gasteiger partial charge in [0.15, 0.2) is 0 Å². The number of nitrogens with one attached hydrogen (secondary N) is 1. The Morgan fingerprint density at radius 3 is 2.55 bits per heavy atom. The maximum absolute atomic E-state index is 11.8. The number of nitrogens with zero attached hydrogens (tertiary/aromatic N) is 1. The Kier molecular flexibility index (Phi) is 6.57. The van der Waals surface area contributed by atoms with Crippen LogP contribution in [0.25, 0.3) is 0 Å². The van der Waals surface area contributed by atoms with Gasteiger partial charge in [-0.25, -0.2) is 0 Å². The van der Waals surface area contributed by atoms with Crippen molar-refractivity contribution in [1.29, 1.82) is 0 Å². The second kappa shape index (κ2) is 7.94. The van der Waals surface area contributed by atoms with Crippen molar-refractivity contribution in [2.75, 3.05) is 25.5 Å². The molecule has 0 saturated heterocycles. The molecule has 4 N–H and O–H groups in total. The van der Waals surface area contributed by atoms with Gasteiger partial charge in [-0.3, -0.25) is 9.69 Å². The van der Waals surface area contributed by atoms with Crippen LogP contribution in [0, 0.1) is 0 Å². The number of hydrogen-bond acceptors (Lipinski definition) is 4. The van der Waals surface area contributed by atoms with Crippen LogP contribution in [0.15, 0.2) is 24.3 Å². The fourth-order valence-electron chi connectivity index (χ4n) is 1.65. The molecule has 0 bridgehead atoms. The van der Waals surface area contributed by atoms with Crippen molar-refractivity contribution >= 4 is 28.8 Å². The zero-order chi connectivity index (χ0) is 15.1. The molecular formula is C14H21N3O2S. The number of rotatable bonds is 7. The van der Waals surface area contributed by atoms with Crippen molar-refractivity contribution in [2.45, 2.75) is 19.4 Å². The number of amides is 1. The number of carbonyl (C=O) groups excluding carboxylic acids is 1. The number of aliphatic hydroxyl groups excluding tert-OH is 1. The average molecular weight is 295 g/mol. The Hall–Kier alpha value is -1.50. The number of benzene rings is 1. The molecule has 0 fully saturated rings. The first-order valence-electron chi connectivity index (χ1n) is 6.45. The molecule has 0 heterocycles. The third-order valence-electron chi connectivity index (χ3n) is 2.80. The molecule has 20 heavy (non-hydrogen) atoms. The maximum atomic E-state index is 11.8. The number of hydrogen-bond donors (Lipinski definition) is 3. The second-order valence-corrected chi connectivity index (χ2v) is 5.31. The Labute approximate surface area is 124 Å². The van der Waals surface area contributed by atoms with E-state index in [1.54, 1.807) is 31.2 Å². The molecule has 1 unspecified atom stereocenters. The van der Waals surface area contributed by atoms with Crippen molar-refractivity contribution in [3.8, 4) is 0 Å². The lowest BCUT2D eigenvalue weighted by Gasteiger charge is -2.17. The SMILES string of the molecule is CC(O)CCN(C)CC(=O)Nc1ccc(C(N)=S)cc1. The highest BCUT2D eigenvalue weighted by Gasteiger charge is 2.08. The largest absolute Gasteiger partial charge is 0.393 e. The van der Waals surface area contributed by atoms with E-state index in [1.165, 1.54) is 0 Å². The maximum Gasteiger partial charge on any atom is 0.238 e. The summed E-state index contributed by atoms with van der Waals surface area (Å²) in [5, 5.41) is 12.0. The minimum atomic E-state index is -0.354. The molecule has 1 amide bonds. The molecule has 0 aliphatic carbocycles. The molecule has 1 aromatic carbocycles. The highest BCUT2D eigenvalue weighted by Crippen LogP contribution is 2.09. The third kappa shape index (κ3) is 6.10. The fraction of sp³-hybridized carbons (Fsp3) is 0.429. The lowest BCUT2D eigenvalue weighted by Crippen LogP contribution is -2.32. The van der Waals surface area contributed by atoms with E-state index in [4.69, 9.17) is 18.0 Å². The van der Waals surface area contributed by atoms with E-state index in [1.807, 2.05) is 11.9 Å². The van der Waals surface area contributed by atoms with Crippen LogP contribution in [0.4, 0.5) is 5.69 Å². The second-order valence-electron chi connectivity index (χ2n) is 4.87. The number of anilines is 1. The van der Waals surface area contributed by atoms with Gasteiger partial charge >= 0.3 is 0 Å². The molecule has 5 nitrogen and oxygen atoms in total. The number of carbonyl (C=O) groups is 1. The Balaban J connectivity index is 2.43. The van der Waals surface area contributed by atoms with Crippen LogP contribution in [0.1, 0.15) is 18.9 Å². The van der Waals surface area contributed by atoms with E-state index in [0.29, 0.717) is 23.6 Å². The molecule has 0 aliphatic heterocycles. The number of aliphatic hydroxyl groups is 1. The molecular weight excluding hydrogens is 274 g/mol.